The van der Waals surface area contributed by atoms with Crippen LogP contribution in [-0.4, -0.2) is 68.6 Å². The summed E-state index contributed by atoms with van der Waals surface area (Å²) in [4.78, 5) is 54.2. The van der Waals surface area contributed by atoms with Gasteiger partial charge in [0.1, 0.15) is 18.1 Å². The molecule has 5 N–H and O–H groups in total. The highest BCUT2D eigenvalue weighted by molar-refractivity contribution is 5.92. The third-order valence-corrected chi connectivity index (χ3v) is 6.88. The number of nitrogens with one attached hydrogen (secondary N) is 3. The first kappa shape index (κ1) is 30.7. The predicted octanol–water partition coefficient (Wildman–Crippen LogP) is 1.96. The molecule has 0 unspecified atom stereocenters. The van der Waals surface area contributed by atoms with Crippen molar-refractivity contribution in [3.05, 3.63) is 53.7 Å². The monoisotopic (exact) mass is 553 g/mol. The van der Waals surface area contributed by atoms with E-state index in [1.807, 2.05) is 36.4 Å². The Hall–Kier alpha value is -3.83. The van der Waals surface area contributed by atoms with E-state index in [1.165, 1.54) is 11.9 Å². The molecule has 3 rings (SSSR count). The first-order chi connectivity index (χ1) is 19.0. The number of aliphatic hydroxyl groups excluding tert-OH is 1. The zero-order valence-corrected chi connectivity index (χ0v) is 23.4. The molecular formula is C29H39N5O6. The standard InChI is InChI=1S/C29H39N5O6/c1-17(2)26(27(37)31-18(3)28(38)34-14-6-9-24(33-34)29(39)40)32-25(36)13-11-20-10-12-23(30-16-20)22-8-5-7-21(15-22)19(4)35/h5,7-8,10,12,15-19,24,26,33,35H,6,9,11,13-14H2,1-4H3,(H,31,37)(H,32,36)(H,39,40)/t18-,19+,24-,26-/m0/s1. The number of benzene rings is 1. The number of pyridine rings is 1. The van der Waals surface area contributed by atoms with Crippen molar-refractivity contribution in [1.82, 2.24) is 26.1 Å². The minimum absolute atomic E-state index is 0.151. The summed E-state index contributed by atoms with van der Waals surface area (Å²) >= 11 is 0. The fraction of sp³-hybridized carbons (Fsp3) is 0.483. The lowest BCUT2D eigenvalue weighted by molar-refractivity contribution is -0.148. The maximum atomic E-state index is 13.0. The Bertz CT molecular complexity index is 1200. The molecule has 0 bridgehead atoms. The van der Waals surface area contributed by atoms with Crippen LogP contribution in [0.4, 0.5) is 0 Å². The number of amides is 3. The largest absolute Gasteiger partial charge is 0.480 e. The van der Waals surface area contributed by atoms with E-state index in [0.717, 1.165) is 22.4 Å². The molecule has 0 aliphatic carbocycles. The molecule has 1 aromatic carbocycles. The number of carbonyl (C=O) groups is 4. The van der Waals surface area contributed by atoms with E-state index in [-0.39, 0.29) is 18.2 Å². The average Bonchev–Trinajstić information content (AvgIpc) is 2.94. The zero-order valence-electron chi connectivity index (χ0n) is 23.4. The van der Waals surface area contributed by atoms with Crippen LogP contribution in [0.3, 0.4) is 0 Å². The number of hydrogen-bond acceptors (Lipinski definition) is 7. The molecule has 2 aromatic rings. The fourth-order valence-electron chi connectivity index (χ4n) is 4.46. The highest BCUT2D eigenvalue weighted by atomic mass is 16.4. The molecule has 11 nitrogen and oxygen atoms in total. The molecule has 1 aliphatic heterocycles. The van der Waals surface area contributed by atoms with Gasteiger partial charge in [-0.05, 0) is 62.3 Å². The van der Waals surface area contributed by atoms with E-state index in [2.05, 4.69) is 21.0 Å². The molecule has 11 heteroatoms. The van der Waals surface area contributed by atoms with Crippen molar-refractivity contribution < 1.29 is 29.4 Å². The number of carbonyl (C=O) groups excluding carboxylic acids is 3. The lowest BCUT2D eigenvalue weighted by Crippen LogP contribution is -2.60. The van der Waals surface area contributed by atoms with Gasteiger partial charge in [0.15, 0.2) is 0 Å². The average molecular weight is 554 g/mol. The molecule has 40 heavy (non-hydrogen) atoms. The number of hydrazine groups is 1. The zero-order chi connectivity index (χ0) is 29.4. The Balaban J connectivity index is 1.52. The van der Waals surface area contributed by atoms with E-state index >= 15 is 0 Å². The molecule has 0 spiro atoms. The van der Waals surface area contributed by atoms with Crippen LogP contribution in [0.15, 0.2) is 42.6 Å². The van der Waals surface area contributed by atoms with E-state index in [0.29, 0.717) is 25.8 Å². The van der Waals surface area contributed by atoms with Crippen LogP contribution in [0.5, 0.6) is 0 Å². The molecule has 0 radical (unpaired) electrons. The Kier molecular flexibility index (Phi) is 10.7. The van der Waals surface area contributed by atoms with Gasteiger partial charge in [-0.2, -0.15) is 0 Å². The summed E-state index contributed by atoms with van der Waals surface area (Å²) in [5, 5.41) is 25.7. The van der Waals surface area contributed by atoms with Gasteiger partial charge in [0.05, 0.1) is 11.8 Å². The summed E-state index contributed by atoms with van der Waals surface area (Å²) in [6.45, 7) is 7.19. The van der Waals surface area contributed by atoms with Crippen LogP contribution >= 0.6 is 0 Å². The SMILES string of the molecule is CC(C)[C@H](NC(=O)CCc1ccc(-c2cccc([C@@H](C)O)c2)nc1)C(=O)N[C@@H](C)C(=O)N1CCC[C@@H](C(=O)O)N1. The van der Waals surface area contributed by atoms with Crippen molar-refractivity contribution in [2.75, 3.05) is 6.54 Å². The van der Waals surface area contributed by atoms with E-state index in [1.54, 1.807) is 27.0 Å². The topological polar surface area (TPSA) is 161 Å². The van der Waals surface area contributed by atoms with Gasteiger partial charge in [-0.25, -0.2) is 5.43 Å². The maximum Gasteiger partial charge on any atom is 0.322 e. The van der Waals surface area contributed by atoms with Crippen molar-refractivity contribution in [1.29, 1.82) is 0 Å². The smallest absolute Gasteiger partial charge is 0.322 e. The lowest BCUT2D eigenvalue weighted by Gasteiger charge is -2.34. The van der Waals surface area contributed by atoms with Crippen molar-refractivity contribution in [3.8, 4) is 11.3 Å². The first-order valence-electron chi connectivity index (χ1n) is 13.6. The Morgan fingerprint density at radius 3 is 2.48 bits per heavy atom. The lowest BCUT2D eigenvalue weighted by atomic mass is 10.0. The molecule has 1 aliphatic rings. The number of aliphatic hydroxyl groups is 1. The molecule has 4 atom stereocenters. The van der Waals surface area contributed by atoms with Crippen LogP contribution in [0, 0.1) is 5.92 Å². The molecule has 2 heterocycles. The Morgan fingerprint density at radius 2 is 1.85 bits per heavy atom. The minimum Gasteiger partial charge on any atom is -0.480 e. The quantitative estimate of drug-likeness (QED) is 0.282. The summed E-state index contributed by atoms with van der Waals surface area (Å²) in [7, 11) is 0. The second kappa shape index (κ2) is 14.0. The van der Waals surface area contributed by atoms with Gasteiger partial charge in [0.2, 0.25) is 11.8 Å². The van der Waals surface area contributed by atoms with E-state index < -0.39 is 42.0 Å². The van der Waals surface area contributed by atoms with Gasteiger partial charge in [-0.15, -0.1) is 0 Å². The van der Waals surface area contributed by atoms with Crippen molar-refractivity contribution in [3.63, 3.8) is 0 Å². The molecule has 0 saturated carbocycles. The maximum absolute atomic E-state index is 13.0. The molecule has 1 aromatic heterocycles. The van der Waals surface area contributed by atoms with Gasteiger partial charge in [-0.1, -0.05) is 38.1 Å². The van der Waals surface area contributed by atoms with Crippen LogP contribution < -0.4 is 16.1 Å². The summed E-state index contributed by atoms with van der Waals surface area (Å²) in [5.41, 5.74) is 6.01. The van der Waals surface area contributed by atoms with E-state index in [9.17, 15) is 29.4 Å². The van der Waals surface area contributed by atoms with Gasteiger partial charge < -0.3 is 20.8 Å². The molecule has 3 amide bonds. The fourth-order valence-corrected chi connectivity index (χ4v) is 4.46. The van der Waals surface area contributed by atoms with Gasteiger partial charge in [0, 0.05) is 24.7 Å². The van der Waals surface area contributed by atoms with Crippen molar-refractivity contribution in [2.45, 2.75) is 77.6 Å². The van der Waals surface area contributed by atoms with Crippen LogP contribution in [0.1, 0.15) is 64.2 Å². The second-order valence-electron chi connectivity index (χ2n) is 10.5. The van der Waals surface area contributed by atoms with Gasteiger partial charge in [-0.3, -0.25) is 29.2 Å². The van der Waals surface area contributed by atoms with Crippen molar-refractivity contribution >= 4 is 23.7 Å². The molecule has 1 saturated heterocycles. The van der Waals surface area contributed by atoms with Crippen molar-refractivity contribution in [2.24, 2.45) is 5.92 Å². The van der Waals surface area contributed by atoms with Gasteiger partial charge in [0.25, 0.3) is 5.91 Å². The first-order valence-corrected chi connectivity index (χ1v) is 13.6. The molecule has 216 valence electrons. The highest BCUT2D eigenvalue weighted by Gasteiger charge is 2.32. The number of carboxylic acids is 1. The number of aromatic nitrogens is 1. The minimum atomic E-state index is -1.04. The number of carboxylic acid groups (broad SMARTS) is 1. The second-order valence-corrected chi connectivity index (χ2v) is 10.5. The summed E-state index contributed by atoms with van der Waals surface area (Å²) in [6, 6.07) is 8.70. The third-order valence-electron chi connectivity index (χ3n) is 6.88. The normalized spacial score (nSPS) is 17.6. The number of aryl methyl sites for hydroxylation is 1. The number of rotatable bonds is 11. The summed E-state index contributed by atoms with van der Waals surface area (Å²) < 4.78 is 0. The number of nitrogens with zero attached hydrogens (tertiary/aromatic N) is 2. The van der Waals surface area contributed by atoms with Crippen LogP contribution in [-0.2, 0) is 25.6 Å². The Labute approximate surface area is 234 Å². The number of hydrogen-bond donors (Lipinski definition) is 5. The van der Waals surface area contributed by atoms with Crippen LogP contribution in [0.25, 0.3) is 11.3 Å². The third kappa shape index (κ3) is 8.33. The summed E-state index contributed by atoms with van der Waals surface area (Å²) in [6.07, 6.45) is 2.67. The van der Waals surface area contributed by atoms with Crippen LogP contribution in [0.2, 0.25) is 0 Å². The number of aliphatic carboxylic acids is 1. The Morgan fingerprint density at radius 1 is 1.10 bits per heavy atom. The van der Waals surface area contributed by atoms with E-state index in [4.69, 9.17) is 0 Å². The summed E-state index contributed by atoms with van der Waals surface area (Å²) in [5.74, 6) is -2.49. The van der Waals surface area contributed by atoms with Gasteiger partial charge >= 0.3 is 5.97 Å². The highest BCUT2D eigenvalue weighted by Crippen LogP contribution is 2.22. The molecule has 1 fully saturated rings. The molecular weight excluding hydrogens is 514 g/mol. The predicted molar refractivity (Wildman–Crippen MR) is 149 cm³/mol.